The summed E-state index contributed by atoms with van der Waals surface area (Å²) in [6.45, 7) is 0.575. The molecule has 0 spiro atoms. The molecule has 0 fully saturated rings. The third kappa shape index (κ3) is 3.64. The number of aromatic nitrogens is 3. The third-order valence-corrected chi connectivity index (χ3v) is 5.75. The first-order valence-corrected chi connectivity index (χ1v) is 10.6. The molecule has 10 nitrogen and oxygen atoms in total. The fraction of sp³-hybridized carbons (Fsp3) is 0.261. The SMILES string of the molecule is COCc1nc(NC(=O)CCCN2C(=O)c3ccccc3N3C(=O)c4ccccc4C23)n[nH]1. The molecule has 3 aromatic rings. The molecule has 33 heavy (non-hydrogen) atoms. The maximum Gasteiger partial charge on any atom is 0.260 e. The van der Waals surface area contributed by atoms with Gasteiger partial charge in [-0.1, -0.05) is 30.3 Å². The molecule has 2 aliphatic rings. The molecular formula is C23H22N6O4. The van der Waals surface area contributed by atoms with E-state index in [1.165, 1.54) is 0 Å². The van der Waals surface area contributed by atoms with Crippen LogP contribution < -0.4 is 10.2 Å². The Morgan fingerprint density at radius 1 is 1.09 bits per heavy atom. The van der Waals surface area contributed by atoms with Crippen LogP contribution in [0.4, 0.5) is 11.6 Å². The average molecular weight is 446 g/mol. The number of benzene rings is 2. The molecule has 3 heterocycles. The van der Waals surface area contributed by atoms with Crippen molar-refractivity contribution in [3.63, 3.8) is 0 Å². The molecule has 1 unspecified atom stereocenters. The van der Waals surface area contributed by atoms with Crippen molar-refractivity contribution < 1.29 is 19.1 Å². The van der Waals surface area contributed by atoms with Gasteiger partial charge in [-0.2, -0.15) is 4.98 Å². The molecule has 0 radical (unpaired) electrons. The van der Waals surface area contributed by atoms with E-state index in [9.17, 15) is 14.4 Å². The molecule has 0 aliphatic carbocycles. The smallest absolute Gasteiger partial charge is 0.260 e. The molecule has 2 aliphatic heterocycles. The highest BCUT2D eigenvalue weighted by Crippen LogP contribution is 2.45. The molecule has 3 amide bonds. The quantitative estimate of drug-likeness (QED) is 0.575. The standard InChI is InChI=1S/C23H22N6O4/c1-33-13-18-24-23(27-26-18)25-19(30)11-6-12-28-20-14-7-2-3-8-15(14)22(32)29(20)17-10-5-4-9-16(17)21(28)31/h2-5,7-10,20H,6,11-13H2,1H3,(H2,24,25,26,27,30). The monoisotopic (exact) mass is 446 g/mol. The molecule has 2 aromatic carbocycles. The van der Waals surface area contributed by atoms with Crippen molar-refractivity contribution in [2.24, 2.45) is 0 Å². The number of aromatic amines is 1. The lowest BCUT2D eigenvalue weighted by molar-refractivity contribution is -0.116. The van der Waals surface area contributed by atoms with Gasteiger partial charge in [0, 0.05) is 31.2 Å². The number of carbonyl (C=O) groups is 3. The number of amides is 3. The van der Waals surface area contributed by atoms with Crippen LogP contribution in [0.1, 0.15) is 51.1 Å². The van der Waals surface area contributed by atoms with Gasteiger partial charge >= 0.3 is 0 Å². The first kappa shape index (κ1) is 20.8. The number of rotatable bonds is 7. The Balaban J connectivity index is 1.33. The first-order valence-electron chi connectivity index (χ1n) is 10.6. The van der Waals surface area contributed by atoms with Crippen LogP contribution in [-0.2, 0) is 16.1 Å². The van der Waals surface area contributed by atoms with E-state index >= 15 is 0 Å². The Labute approximate surface area is 189 Å². The Morgan fingerprint density at radius 2 is 1.85 bits per heavy atom. The topological polar surface area (TPSA) is 121 Å². The number of para-hydroxylation sites is 1. The van der Waals surface area contributed by atoms with Crippen molar-refractivity contribution in [2.45, 2.75) is 25.6 Å². The minimum atomic E-state index is -0.524. The largest absolute Gasteiger partial charge is 0.377 e. The van der Waals surface area contributed by atoms with Crippen LogP contribution in [0.15, 0.2) is 48.5 Å². The second kappa shape index (κ2) is 8.47. The molecule has 0 bridgehead atoms. The number of fused-ring (bicyclic) bond motifs is 5. The van der Waals surface area contributed by atoms with Crippen molar-refractivity contribution >= 4 is 29.4 Å². The number of nitrogens with zero attached hydrogens (tertiary/aromatic N) is 4. The molecule has 1 atom stereocenters. The van der Waals surface area contributed by atoms with Crippen LogP contribution in [0.5, 0.6) is 0 Å². The summed E-state index contributed by atoms with van der Waals surface area (Å²) in [6, 6.07) is 14.5. The number of H-pyrrole nitrogens is 1. The lowest BCUT2D eigenvalue weighted by Crippen LogP contribution is -2.48. The summed E-state index contributed by atoms with van der Waals surface area (Å²) in [5, 5.41) is 9.25. The van der Waals surface area contributed by atoms with Crippen LogP contribution >= 0.6 is 0 Å². The number of methoxy groups -OCH3 is 1. The van der Waals surface area contributed by atoms with Crippen molar-refractivity contribution in [3.05, 3.63) is 71.0 Å². The van der Waals surface area contributed by atoms with Gasteiger partial charge in [0.25, 0.3) is 11.8 Å². The summed E-state index contributed by atoms with van der Waals surface area (Å²) in [7, 11) is 1.54. The van der Waals surface area contributed by atoms with Crippen LogP contribution in [-0.4, -0.2) is 51.5 Å². The predicted molar refractivity (Wildman–Crippen MR) is 118 cm³/mol. The summed E-state index contributed by atoms with van der Waals surface area (Å²) in [5.41, 5.74) is 2.47. The molecule has 0 saturated carbocycles. The first-order chi connectivity index (χ1) is 16.1. The number of hydrogen-bond donors (Lipinski definition) is 2. The van der Waals surface area contributed by atoms with Gasteiger partial charge in [0.05, 0.1) is 11.3 Å². The van der Waals surface area contributed by atoms with E-state index in [1.54, 1.807) is 41.2 Å². The second-order valence-electron chi connectivity index (χ2n) is 7.84. The highest BCUT2D eigenvalue weighted by atomic mass is 16.5. The number of hydrogen-bond acceptors (Lipinski definition) is 6. The van der Waals surface area contributed by atoms with Crippen molar-refractivity contribution in [2.75, 3.05) is 23.9 Å². The highest BCUT2D eigenvalue weighted by Gasteiger charge is 2.47. The fourth-order valence-electron chi connectivity index (χ4n) is 4.35. The van der Waals surface area contributed by atoms with Crippen molar-refractivity contribution in [3.8, 4) is 0 Å². The molecule has 168 valence electrons. The van der Waals surface area contributed by atoms with E-state index in [1.807, 2.05) is 24.3 Å². The number of ether oxygens (including phenoxy) is 1. The molecule has 5 rings (SSSR count). The lowest BCUT2D eigenvalue weighted by Gasteiger charge is -2.41. The normalized spacial score (nSPS) is 16.5. The van der Waals surface area contributed by atoms with E-state index in [4.69, 9.17) is 4.74 Å². The van der Waals surface area contributed by atoms with Gasteiger partial charge in [-0.3, -0.25) is 29.7 Å². The zero-order valence-electron chi connectivity index (χ0n) is 17.9. The maximum atomic E-state index is 13.4. The Hall–Kier alpha value is -4.05. The van der Waals surface area contributed by atoms with Gasteiger partial charge in [-0.05, 0) is 24.6 Å². The third-order valence-electron chi connectivity index (χ3n) is 5.75. The molecule has 10 heteroatoms. The van der Waals surface area contributed by atoms with Gasteiger partial charge in [-0.25, -0.2) is 0 Å². The summed E-state index contributed by atoms with van der Waals surface area (Å²) in [5.74, 6) is 0.138. The molecular weight excluding hydrogens is 424 g/mol. The lowest BCUT2D eigenvalue weighted by atomic mass is 10.0. The van der Waals surface area contributed by atoms with Gasteiger partial charge < -0.3 is 9.64 Å². The fourth-order valence-corrected chi connectivity index (χ4v) is 4.35. The van der Waals surface area contributed by atoms with E-state index in [0.29, 0.717) is 35.6 Å². The molecule has 0 saturated heterocycles. The zero-order chi connectivity index (χ0) is 22.9. The molecule has 1 aromatic heterocycles. The molecule has 2 N–H and O–H groups in total. The van der Waals surface area contributed by atoms with Gasteiger partial charge in [0.2, 0.25) is 11.9 Å². The van der Waals surface area contributed by atoms with Crippen molar-refractivity contribution in [1.29, 1.82) is 0 Å². The average Bonchev–Trinajstić information content (AvgIpc) is 3.38. The van der Waals surface area contributed by atoms with Gasteiger partial charge in [-0.15, -0.1) is 5.10 Å². The highest BCUT2D eigenvalue weighted by molar-refractivity contribution is 6.16. The van der Waals surface area contributed by atoms with Gasteiger partial charge in [0.15, 0.2) is 5.82 Å². The summed E-state index contributed by atoms with van der Waals surface area (Å²) < 4.78 is 4.97. The van der Waals surface area contributed by atoms with Crippen LogP contribution in [0.2, 0.25) is 0 Å². The van der Waals surface area contributed by atoms with E-state index in [0.717, 1.165) is 5.56 Å². The van der Waals surface area contributed by atoms with Crippen LogP contribution in [0.3, 0.4) is 0 Å². The number of nitrogens with one attached hydrogen (secondary N) is 2. The Morgan fingerprint density at radius 3 is 2.67 bits per heavy atom. The Bertz CT molecular complexity index is 1240. The summed E-state index contributed by atoms with van der Waals surface area (Å²) >= 11 is 0. The van der Waals surface area contributed by atoms with E-state index in [-0.39, 0.29) is 36.7 Å². The second-order valence-corrected chi connectivity index (χ2v) is 7.84. The maximum absolute atomic E-state index is 13.4. The number of anilines is 2. The summed E-state index contributed by atoms with van der Waals surface area (Å²) in [4.78, 5) is 46.4. The predicted octanol–water partition coefficient (Wildman–Crippen LogP) is 2.48. The van der Waals surface area contributed by atoms with Gasteiger partial charge in [0.1, 0.15) is 12.8 Å². The number of carbonyl (C=O) groups excluding carboxylic acids is 3. The minimum absolute atomic E-state index is 0.130. The van der Waals surface area contributed by atoms with E-state index < -0.39 is 6.17 Å². The van der Waals surface area contributed by atoms with E-state index in [2.05, 4.69) is 20.5 Å². The van der Waals surface area contributed by atoms with Crippen LogP contribution in [0, 0.1) is 0 Å². The minimum Gasteiger partial charge on any atom is -0.377 e. The van der Waals surface area contributed by atoms with Crippen molar-refractivity contribution in [1.82, 2.24) is 20.1 Å². The van der Waals surface area contributed by atoms with Crippen LogP contribution in [0.25, 0.3) is 0 Å². The zero-order valence-corrected chi connectivity index (χ0v) is 17.9. The Kier molecular flexibility index (Phi) is 5.35. The summed E-state index contributed by atoms with van der Waals surface area (Å²) in [6.07, 6.45) is 0.0567.